The molecule has 5 nitrogen and oxygen atoms in total. The van der Waals surface area contributed by atoms with Crippen LogP contribution < -0.4 is 5.48 Å². The summed E-state index contributed by atoms with van der Waals surface area (Å²) in [6, 6.07) is 0. The minimum Gasteiger partial charge on any atom is -0.267 e. The normalized spacial score (nSPS) is 13.3. The van der Waals surface area contributed by atoms with Crippen LogP contribution in [0.25, 0.3) is 0 Å². The van der Waals surface area contributed by atoms with Gasteiger partial charge in [-0.1, -0.05) is 26.8 Å². The van der Waals surface area contributed by atoms with Crippen molar-refractivity contribution in [3.8, 4) is 0 Å². The molecule has 15 heavy (non-hydrogen) atoms. The molecule has 88 valence electrons. The summed E-state index contributed by atoms with van der Waals surface area (Å²) in [4.78, 5) is 10.9. The molecule has 0 aliphatic carbocycles. The van der Waals surface area contributed by atoms with E-state index in [-0.39, 0.29) is 17.2 Å². The number of carbonyl (C=O) groups is 1. The van der Waals surface area contributed by atoms with Crippen molar-refractivity contribution in [2.45, 2.75) is 27.2 Å². The Hall–Kier alpha value is -0.880. The van der Waals surface area contributed by atoms with Crippen LogP contribution in [0.4, 0.5) is 0 Å². The first-order valence-electron chi connectivity index (χ1n) is 4.65. The second-order valence-corrected chi connectivity index (χ2v) is 5.15. The molecular weight excluding hydrogens is 218 g/mol. The maximum atomic E-state index is 11.3. The second-order valence-electron chi connectivity index (χ2n) is 3.53. The van der Waals surface area contributed by atoms with Crippen LogP contribution in [-0.4, -0.2) is 20.1 Å². The highest BCUT2D eigenvalue weighted by Gasteiger charge is 2.17. The molecule has 0 rings (SSSR count). The van der Waals surface area contributed by atoms with Gasteiger partial charge in [-0.3, -0.25) is 4.79 Å². The van der Waals surface area contributed by atoms with Gasteiger partial charge in [0.15, 0.2) is 0 Å². The Kier molecular flexibility index (Phi) is 5.53. The van der Waals surface area contributed by atoms with E-state index in [1.165, 1.54) is 6.92 Å². The first-order chi connectivity index (χ1) is 6.78. The van der Waals surface area contributed by atoms with Crippen LogP contribution in [-0.2, 0) is 19.2 Å². The largest absolute Gasteiger partial charge is 0.288 e. The third kappa shape index (κ3) is 6.24. The molecule has 1 N–H and O–H groups in total. The van der Waals surface area contributed by atoms with Crippen LogP contribution in [0, 0.1) is 5.92 Å². The van der Waals surface area contributed by atoms with Crippen molar-refractivity contribution in [3.63, 3.8) is 0 Å². The van der Waals surface area contributed by atoms with Crippen LogP contribution in [0.1, 0.15) is 27.2 Å². The highest BCUT2D eigenvalue weighted by Crippen LogP contribution is 2.05. The molecule has 0 heterocycles. The predicted octanol–water partition coefficient (Wildman–Crippen LogP) is 0.986. The molecule has 0 radical (unpaired) electrons. The zero-order valence-corrected chi connectivity index (χ0v) is 10.1. The lowest BCUT2D eigenvalue weighted by atomic mass is 10.2. The second kappa shape index (κ2) is 5.87. The molecule has 1 atom stereocenters. The van der Waals surface area contributed by atoms with Crippen molar-refractivity contribution >= 4 is 16.0 Å². The summed E-state index contributed by atoms with van der Waals surface area (Å²) in [5.41, 5.74) is 2.01. The number of nitrogens with one attached hydrogen (secondary N) is 1. The van der Waals surface area contributed by atoms with Gasteiger partial charge in [-0.05, 0) is 12.8 Å². The summed E-state index contributed by atoms with van der Waals surface area (Å²) in [7, 11) is -3.69. The van der Waals surface area contributed by atoms with Crippen molar-refractivity contribution in [3.05, 3.63) is 12.2 Å². The van der Waals surface area contributed by atoms with E-state index in [2.05, 4.69) is 10.9 Å². The van der Waals surface area contributed by atoms with E-state index in [0.717, 1.165) is 6.42 Å². The lowest BCUT2D eigenvalue weighted by Gasteiger charge is -2.09. The van der Waals surface area contributed by atoms with Gasteiger partial charge < -0.3 is 0 Å². The molecule has 1 unspecified atom stereocenters. The van der Waals surface area contributed by atoms with Gasteiger partial charge in [0.2, 0.25) is 0 Å². The van der Waals surface area contributed by atoms with Gasteiger partial charge in [-0.2, -0.15) is 8.42 Å². The Labute approximate surface area is 90.6 Å². The molecular formula is C9H17NO4S. The molecule has 0 bridgehead atoms. The fourth-order valence-corrected chi connectivity index (χ4v) is 1.89. The summed E-state index contributed by atoms with van der Waals surface area (Å²) >= 11 is 0. The summed E-state index contributed by atoms with van der Waals surface area (Å²) < 4.78 is 26.9. The third-order valence-electron chi connectivity index (χ3n) is 1.83. The Morgan fingerprint density at radius 1 is 1.53 bits per heavy atom. The lowest BCUT2D eigenvalue weighted by Crippen LogP contribution is -2.29. The number of hydroxylamine groups is 1. The zero-order chi connectivity index (χ0) is 12.1. The van der Waals surface area contributed by atoms with Crippen molar-refractivity contribution in [2.75, 3.05) is 5.75 Å². The Morgan fingerprint density at radius 3 is 2.47 bits per heavy atom. The van der Waals surface area contributed by atoms with Gasteiger partial charge >= 0.3 is 0 Å². The van der Waals surface area contributed by atoms with E-state index < -0.39 is 16.0 Å². The Morgan fingerprint density at radius 2 is 2.07 bits per heavy atom. The lowest BCUT2D eigenvalue weighted by molar-refractivity contribution is -0.123. The van der Waals surface area contributed by atoms with Crippen molar-refractivity contribution in [1.82, 2.24) is 5.48 Å². The summed E-state index contributed by atoms with van der Waals surface area (Å²) in [5.74, 6) is -0.751. The first kappa shape index (κ1) is 14.1. The molecule has 0 aliphatic rings. The van der Waals surface area contributed by atoms with Crippen molar-refractivity contribution in [1.29, 1.82) is 0 Å². The molecule has 0 aliphatic heterocycles. The van der Waals surface area contributed by atoms with Gasteiger partial charge in [-0.25, -0.2) is 5.48 Å². The Balaban J connectivity index is 4.17. The maximum Gasteiger partial charge on any atom is 0.288 e. The highest BCUT2D eigenvalue weighted by atomic mass is 32.2. The number of hydrogen-bond acceptors (Lipinski definition) is 4. The number of amides is 1. The average Bonchev–Trinajstić information content (AvgIpc) is 2.13. The van der Waals surface area contributed by atoms with Gasteiger partial charge in [0.25, 0.3) is 16.0 Å². The summed E-state index contributed by atoms with van der Waals surface area (Å²) in [5, 5.41) is 0. The van der Waals surface area contributed by atoms with Crippen LogP contribution in [0.15, 0.2) is 12.2 Å². The number of hydrogen-bond donors (Lipinski definition) is 1. The van der Waals surface area contributed by atoms with Crippen molar-refractivity contribution in [2.24, 2.45) is 5.92 Å². The SMILES string of the molecule is C=C(C)C(=O)NOS(=O)(=O)CC(C)CC. The van der Waals surface area contributed by atoms with Gasteiger partial charge in [0.1, 0.15) is 0 Å². The molecule has 0 saturated heterocycles. The van der Waals surface area contributed by atoms with E-state index in [0.29, 0.717) is 0 Å². The van der Waals surface area contributed by atoms with Gasteiger partial charge in [0.05, 0.1) is 5.75 Å². The fraction of sp³-hybridized carbons (Fsp3) is 0.667. The standard InChI is InChI=1S/C9H17NO4S/c1-5-8(4)6-15(12,13)14-10-9(11)7(2)3/h8H,2,5-6H2,1,3-4H3,(H,10,11). The van der Waals surface area contributed by atoms with Crippen LogP contribution in [0.3, 0.4) is 0 Å². The molecule has 6 heteroatoms. The summed E-state index contributed by atoms with van der Waals surface area (Å²) in [6.07, 6.45) is 0.733. The van der Waals surface area contributed by atoms with E-state index in [4.69, 9.17) is 0 Å². The quantitative estimate of drug-likeness (QED) is 0.550. The van der Waals surface area contributed by atoms with Gasteiger partial charge in [0, 0.05) is 5.57 Å². The number of rotatable bonds is 6. The van der Waals surface area contributed by atoms with E-state index >= 15 is 0 Å². The third-order valence-corrected chi connectivity index (χ3v) is 3.15. The molecule has 0 aromatic carbocycles. The molecule has 0 fully saturated rings. The van der Waals surface area contributed by atoms with E-state index in [9.17, 15) is 13.2 Å². The Bertz CT molecular complexity index is 334. The maximum absolute atomic E-state index is 11.3. The fourth-order valence-electron chi connectivity index (χ4n) is 0.689. The smallest absolute Gasteiger partial charge is 0.267 e. The van der Waals surface area contributed by atoms with Crippen molar-refractivity contribution < 1.29 is 17.5 Å². The monoisotopic (exact) mass is 235 g/mol. The molecule has 0 saturated carbocycles. The number of carbonyl (C=O) groups excluding carboxylic acids is 1. The minimum absolute atomic E-state index is 0.00303. The van der Waals surface area contributed by atoms with E-state index in [1.54, 1.807) is 6.92 Å². The van der Waals surface area contributed by atoms with Crippen LogP contribution in [0.2, 0.25) is 0 Å². The van der Waals surface area contributed by atoms with Gasteiger partial charge in [-0.15, -0.1) is 4.28 Å². The molecule has 1 amide bonds. The average molecular weight is 235 g/mol. The van der Waals surface area contributed by atoms with E-state index in [1.807, 2.05) is 12.4 Å². The van der Waals surface area contributed by atoms with Crippen LogP contribution >= 0.6 is 0 Å². The molecule has 0 aromatic rings. The highest BCUT2D eigenvalue weighted by molar-refractivity contribution is 7.86. The molecule has 0 spiro atoms. The first-order valence-corrected chi connectivity index (χ1v) is 6.23. The zero-order valence-electron chi connectivity index (χ0n) is 9.24. The predicted molar refractivity (Wildman–Crippen MR) is 57.3 cm³/mol. The van der Waals surface area contributed by atoms with Crippen LogP contribution in [0.5, 0.6) is 0 Å². The summed E-state index contributed by atoms with van der Waals surface area (Å²) in [6.45, 7) is 8.48. The molecule has 0 aromatic heterocycles. The topological polar surface area (TPSA) is 72.5 Å². The minimum atomic E-state index is -3.69.